The van der Waals surface area contributed by atoms with Crippen LogP contribution in [-0.2, 0) is 16.6 Å². The van der Waals surface area contributed by atoms with E-state index in [1.165, 1.54) is 11.8 Å². The van der Waals surface area contributed by atoms with E-state index < -0.39 is 17.9 Å². The standard InChI is InChI=1S/C15H16ClN3O3/c1-9(15(21)22-3)17-14(20)13-8-12(18-19(13)2)10-4-6-11(16)7-5-10/h4-9H,1-3H3,(H,17,20)/t9-/m1/s1. The maximum atomic E-state index is 12.2. The van der Waals surface area contributed by atoms with Crippen molar-refractivity contribution in [3.8, 4) is 11.3 Å². The number of ether oxygens (including phenoxy) is 1. The quantitative estimate of drug-likeness (QED) is 0.875. The molecule has 6 nitrogen and oxygen atoms in total. The molecule has 1 aromatic heterocycles. The van der Waals surface area contributed by atoms with Crippen LogP contribution < -0.4 is 5.32 Å². The van der Waals surface area contributed by atoms with Gasteiger partial charge in [-0.05, 0) is 25.1 Å². The number of hydrogen-bond donors (Lipinski definition) is 1. The minimum absolute atomic E-state index is 0.348. The fraction of sp³-hybridized carbons (Fsp3) is 0.267. The third kappa shape index (κ3) is 3.46. The van der Waals surface area contributed by atoms with Gasteiger partial charge >= 0.3 is 5.97 Å². The van der Waals surface area contributed by atoms with Crippen LogP contribution in [0.4, 0.5) is 0 Å². The number of aromatic nitrogens is 2. The SMILES string of the molecule is COC(=O)[C@@H](C)NC(=O)c1cc(-c2ccc(Cl)cc2)nn1C. The number of aryl methyl sites for hydroxylation is 1. The van der Waals surface area contributed by atoms with Crippen molar-refractivity contribution < 1.29 is 14.3 Å². The summed E-state index contributed by atoms with van der Waals surface area (Å²) in [5, 5.41) is 7.50. The predicted octanol–water partition coefficient (Wildman–Crippen LogP) is 2.03. The van der Waals surface area contributed by atoms with Gasteiger partial charge in [-0.3, -0.25) is 9.48 Å². The van der Waals surface area contributed by atoms with E-state index in [2.05, 4.69) is 15.2 Å². The number of amides is 1. The fourth-order valence-corrected chi connectivity index (χ4v) is 2.07. The van der Waals surface area contributed by atoms with Crippen LogP contribution in [-0.4, -0.2) is 34.8 Å². The number of halogens is 1. The van der Waals surface area contributed by atoms with Crippen molar-refractivity contribution in [2.45, 2.75) is 13.0 Å². The molecule has 1 heterocycles. The van der Waals surface area contributed by atoms with E-state index in [1.807, 2.05) is 12.1 Å². The van der Waals surface area contributed by atoms with Gasteiger partial charge in [-0.1, -0.05) is 23.7 Å². The summed E-state index contributed by atoms with van der Waals surface area (Å²) in [6.45, 7) is 1.56. The smallest absolute Gasteiger partial charge is 0.328 e. The molecule has 116 valence electrons. The molecule has 1 aromatic carbocycles. The molecule has 0 aliphatic rings. The normalized spacial score (nSPS) is 11.8. The highest BCUT2D eigenvalue weighted by Crippen LogP contribution is 2.21. The Morgan fingerprint density at radius 3 is 2.55 bits per heavy atom. The van der Waals surface area contributed by atoms with Gasteiger partial charge in [-0.25, -0.2) is 4.79 Å². The zero-order chi connectivity index (χ0) is 16.3. The molecule has 0 unspecified atom stereocenters. The van der Waals surface area contributed by atoms with Gasteiger partial charge in [0.15, 0.2) is 0 Å². The van der Waals surface area contributed by atoms with Crippen molar-refractivity contribution in [3.63, 3.8) is 0 Å². The molecule has 0 saturated heterocycles. The third-order valence-electron chi connectivity index (χ3n) is 3.15. The van der Waals surface area contributed by atoms with Crippen molar-refractivity contribution in [2.24, 2.45) is 7.05 Å². The Balaban J connectivity index is 2.21. The van der Waals surface area contributed by atoms with Crippen LogP contribution in [0.3, 0.4) is 0 Å². The lowest BCUT2D eigenvalue weighted by molar-refractivity contribution is -0.142. The summed E-state index contributed by atoms with van der Waals surface area (Å²) in [6.07, 6.45) is 0. The first kappa shape index (κ1) is 16.0. The number of methoxy groups -OCH3 is 1. The van der Waals surface area contributed by atoms with Crippen molar-refractivity contribution in [3.05, 3.63) is 41.0 Å². The van der Waals surface area contributed by atoms with Gasteiger partial charge in [0.2, 0.25) is 0 Å². The van der Waals surface area contributed by atoms with Crippen LogP contribution in [0, 0.1) is 0 Å². The average Bonchev–Trinajstić information content (AvgIpc) is 2.89. The molecule has 0 fully saturated rings. The number of rotatable bonds is 4. The van der Waals surface area contributed by atoms with Crippen LogP contribution in [0.25, 0.3) is 11.3 Å². The highest BCUT2D eigenvalue weighted by molar-refractivity contribution is 6.30. The van der Waals surface area contributed by atoms with Crippen LogP contribution in [0.5, 0.6) is 0 Å². The second kappa shape index (κ2) is 6.62. The molecule has 22 heavy (non-hydrogen) atoms. The van der Waals surface area contributed by atoms with Crippen molar-refractivity contribution in [2.75, 3.05) is 7.11 Å². The summed E-state index contributed by atoms with van der Waals surface area (Å²) in [5.74, 6) is -0.901. The van der Waals surface area contributed by atoms with Crippen LogP contribution >= 0.6 is 11.6 Å². The topological polar surface area (TPSA) is 73.2 Å². The van der Waals surface area contributed by atoms with Gasteiger partial charge in [0, 0.05) is 17.6 Å². The number of carbonyl (C=O) groups is 2. The molecule has 0 saturated carbocycles. The summed E-state index contributed by atoms with van der Waals surface area (Å²) < 4.78 is 6.04. The molecule has 0 bridgehead atoms. The van der Waals surface area contributed by atoms with Crippen molar-refractivity contribution in [1.82, 2.24) is 15.1 Å². The lowest BCUT2D eigenvalue weighted by atomic mass is 10.1. The summed E-state index contributed by atoms with van der Waals surface area (Å²) in [4.78, 5) is 23.5. The zero-order valence-electron chi connectivity index (χ0n) is 12.5. The highest BCUT2D eigenvalue weighted by atomic mass is 35.5. The van der Waals surface area contributed by atoms with Gasteiger partial charge < -0.3 is 10.1 Å². The molecule has 0 aliphatic heterocycles. The van der Waals surface area contributed by atoms with Gasteiger partial charge in [0.25, 0.3) is 5.91 Å². The van der Waals surface area contributed by atoms with Gasteiger partial charge in [0.1, 0.15) is 11.7 Å². The highest BCUT2D eigenvalue weighted by Gasteiger charge is 2.20. The number of carbonyl (C=O) groups excluding carboxylic acids is 2. The first-order valence-electron chi connectivity index (χ1n) is 6.61. The summed E-state index contributed by atoms with van der Waals surface area (Å²) in [6, 6.07) is 8.08. The number of benzene rings is 1. The minimum Gasteiger partial charge on any atom is -0.467 e. The molecule has 2 aromatic rings. The number of nitrogens with one attached hydrogen (secondary N) is 1. The Hall–Kier alpha value is -2.34. The van der Waals surface area contributed by atoms with Gasteiger partial charge in [0.05, 0.1) is 12.8 Å². The van der Waals surface area contributed by atoms with E-state index in [0.717, 1.165) is 5.56 Å². The van der Waals surface area contributed by atoms with Gasteiger partial charge in [-0.15, -0.1) is 0 Å². The summed E-state index contributed by atoms with van der Waals surface area (Å²) in [5.41, 5.74) is 1.84. The lowest BCUT2D eigenvalue weighted by Crippen LogP contribution is -2.39. The monoisotopic (exact) mass is 321 g/mol. The Bertz CT molecular complexity index is 695. The minimum atomic E-state index is -0.730. The second-order valence-electron chi connectivity index (χ2n) is 4.76. The first-order chi connectivity index (χ1) is 10.4. The second-order valence-corrected chi connectivity index (χ2v) is 5.20. The Kier molecular flexibility index (Phi) is 4.82. The fourth-order valence-electron chi connectivity index (χ4n) is 1.95. The first-order valence-corrected chi connectivity index (χ1v) is 6.99. The molecule has 0 radical (unpaired) electrons. The molecule has 1 atom stereocenters. The molecule has 1 N–H and O–H groups in total. The van der Waals surface area contributed by atoms with Gasteiger partial charge in [-0.2, -0.15) is 5.10 Å². The average molecular weight is 322 g/mol. The van der Waals surface area contributed by atoms with Crippen molar-refractivity contribution >= 4 is 23.5 Å². The maximum Gasteiger partial charge on any atom is 0.328 e. The largest absolute Gasteiger partial charge is 0.467 e. The third-order valence-corrected chi connectivity index (χ3v) is 3.41. The van der Waals surface area contributed by atoms with Crippen molar-refractivity contribution in [1.29, 1.82) is 0 Å². The molecular weight excluding hydrogens is 306 g/mol. The van der Waals surface area contributed by atoms with E-state index in [4.69, 9.17) is 11.6 Å². The zero-order valence-corrected chi connectivity index (χ0v) is 13.2. The Labute approximate surface area is 133 Å². The number of hydrogen-bond acceptors (Lipinski definition) is 4. The lowest BCUT2D eigenvalue weighted by Gasteiger charge is -2.11. The predicted molar refractivity (Wildman–Crippen MR) is 82.6 cm³/mol. The molecule has 7 heteroatoms. The summed E-state index contributed by atoms with van der Waals surface area (Å²) >= 11 is 5.85. The number of nitrogens with zero attached hydrogens (tertiary/aromatic N) is 2. The van der Waals surface area contributed by atoms with Crippen LogP contribution in [0.2, 0.25) is 5.02 Å². The molecule has 0 aliphatic carbocycles. The number of esters is 1. The molecule has 0 spiro atoms. The summed E-state index contributed by atoms with van der Waals surface area (Å²) in [7, 11) is 2.94. The van der Waals surface area contributed by atoms with E-state index in [1.54, 1.807) is 32.2 Å². The van der Waals surface area contributed by atoms with E-state index >= 15 is 0 Å². The maximum absolute atomic E-state index is 12.2. The van der Waals surface area contributed by atoms with Crippen LogP contribution in [0.15, 0.2) is 30.3 Å². The van der Waals surface area contributed by atoms with E-state index in [-0.39, 0.29) is 0 Å². The molecule has 1 amide bonds. The van der Waals surface area contributed by atoms with Crippen LogP contribution in [0.1, 0.15) is 17.4 Å². The molecule has 2 rings (SSSR count). The molecular formula is C15H16ClN3O3. The Morgan fingerprint density at radius 1 is 1.32 bits per heavy atom. The van der Waals surface area contributed by atoms with E-state index in [9.17, 15) is 9.59 Å². The Morgan fingerprint density at radius 2 is 1.95 bits per heavy atom. The van der Waals surface area contributed by atoms with E-state index in [0.29, 0.717) is 16.4 Å².